The number of methoxy groups -OCH3 is 3. The van der Waals surface area contributed by atoms with Gasteiger partial charge in [-0.05, 0) is 54.4 Å². The van der Waals surface area contributed by atoms with Crippen LogP contribution >= 0.6 is 11.8 Å². The van der Waals surface area contributed by atoms with Gasteiger partial charge in [0.25, 0.3) is 11.6 Å². The van der Waals surface area contributed by atoms with E-state index < -0.39 is 11.0 Å². The molecule has 3 aromatic carbocycles. The van der Waals surface area contributed by atoms with Crippen LogP contribution < -0.4 is 19.5 Å². The zero-order valence-corrected chi connectivity index (χ0v) is 23.0. The molecule has 1 atom stereocenters. The number of fused-ring (bicyclic) bond motifs is 1. The number of anilines is 1. The summed E-state index contributed by atoms with van der Waals surface area (Å²) in [6.45, 7) is 1.81. The highest BCUT2D eigenvalue weighted by Gasteiger charge is 2.41. The number of carbonyl (C=O) groups is 1. The van der Waals surface area contributed by atoms with Gasteiger partial charge in [-0.15, -0.1) is 0 Å². The minimum atomic E-state index is -0.638. The van der Waals surface area contributed by atoms with Gasteiger partial charge in [-0.3, -0.25) is 14.9 Å². The normalized spacial score (nSPS) is 16.1. The molecule has 40 heavy (non-hydrogen) atoms. The first-order chi connectivity index (χ1) is 19.4. The zero-order valence-electron chi connectivity index (χ0n) is 22.2. The van der Waals surface area contributed by atoms with Crippen LogP contribution in [0.5, 0.6) is 17.2 Å². The highest BCUT2D eigenvalue weighted by molar-refractivity contribution is 8.16. The fourth-order valence-electron chi connectivity index (χ4n) is 4.73. The number of hydrogen-bond donors (Lipinski definition) is 1. The van der Waals surface area contributed by atoms with Crippen molar-refractivity contribution in [2.75, 3.05) is 26.6 Å². The quantitative estimate of drug-likeness (QED) is 0.265. The number of amides is 1. The molecule has 11 heteroatoms. The molecule has 1 amide bonds. The Hall–Kier alpha value is -4.77. The van der Waals surface area contributed by atoms with E-state index in [0.717, 1.165) is 11.3 Å². The highest BCUT2D eigenvalue weighted by atomic mass is 32.2. The molecule has 10 nitrogen and oxygen atoms in total. The van der Waals surface area contributed by atoms with Crippen LogP contribution in [0.3, 0.4) is 0 Å². The molecule has 2 aliphatic heterocycles. The maximum absolute atomic E-state index is 13.9. The molecule has 0 saturated heterocycles. The third-order valence-electron chi connectivity index (χ3n) is 6.58. The molecule has 0 saturated carbocycles. The smallest absolute Gasteiger partial charge is 0.269 e. The number of nitrogens with one attached hydrogen (secondary N) is 1. The number of amidine groups is 1. The summed E-state index contributed by atoms with van der Waals surface area (Å²) in [5.41, 5.74) is 3.81. The summed E-state index contributed by atoms with van der Waals surface area (Å²) in [5.74, 6) is 0.991. The first-order valence-corrected chi connectivity index (χ1v) is 13.1. The van der Waals surface area contributed by atoms with Gasteiger partial charge >= 0.3 is 0 Å². The van der Waals surface area contributed by atoms with Gasteiger partial charge in [-0.2, -0.15) is 0 Å². The molecule has 2 heterocycles. The predicted octanol–water partition coefficient (Wildman–Crippen LogP) is 5.99. The molecule has 5 rings (SSSR count). The van der Waals surface area contributed by atoms with Gasteiger partial charge in [0.05, 0.1) is 49.3 Å². The lowest BCUT2D eigenvalue weighted by molar-refractivity contribution is -0.384. The maximum Gasteiger partial charge on any atom is 0.269 e. The number of thioether (sulfide) groups is 1. The molecule has 0 spiro atoms. The molecule has 0 bridgehead atoms. The zero-order chi connectivity index (χ0) is 28.4. The maximum atomic E-state index is 13.9. The number of allylic oxidation sites excluding steroid dienone is 1. The summed E-state index contributed by atoms with van der Waals surface area (Å²) in [6.07, 6.45) is 0. The van der Waals surface area contributed by atoms with Crippen molar-refractivity contribution in [3.63, 3.8) is 0 Å². The third-order valence-corrected chi connectivity index (χ3v) is 7.42. The Balaban J connectivity index is 1.67. The molecule has 3 aromatic rings. The Labute approximate surface area is 235 Å². The van der Waals surface area contributed by atoms with E-state index in [0.29, 0.717) is 44.9 Å². The first-order valence-electron chi connectivity index (χ1n) is 12.2. The molecule has 0 aromatic heterocycles. The molecule has 0 radical (unpaired) electrons. The van der Waals surface area contributed by atoms with E-state index in [1.165, 1.54) is 45.2 Å². The number of carbonyl (C=O) groups excluding carboxylic acids is 1. The van der Waals surface area contributed by atoms with E-state index in [9.17, 15) is 14.9 Å². The van der Waals surface area contributed by atoms with Crippen LogP contribution in [-0.2, 0) is 4.79 Å². The lowest BCUT2D eigenvalue weighted by Crippen LogP contribution is -2.37. The van der Waals surface area contributed by atoms with Crippen LogP contribution in [-0.4, -0.2) is 42.2 Å². The highest BCUT2D eigenvalue weighted by Crippen LogP contribution is 2.49. The number of para-hydroxylation sites is 1. The van der Waals surface area contributed by atoms with Crippen molar-refractivity contribution in [2.45, 2.75) is 13.0 Å². The van der Waals surface area contributed by atoms with Crippen molar-refractivity contribution in [2.24, 2.45) is 4.99 Å². The Kier molecular flexibility index (Phi) is 7.47. The average molecular weight is 559 g/mol. The van der Waals surface area contributed by atoms with Crippen LogP contribution in [0.25, 0.3) is 5.70 Å². The average Bonchev–Trinajstić information content (AvgIpc) is 3.39. The topological polar surface area (TPSA) is 116 Å². The van der Waals surface area contributed by atoms with Crippen LogP contribution in [0.4, 0.5) is 11.4 Å². The SMILES string of the molecule is COc1cc([C@@H]2C(C(=O)Nc3ccccc3)=C(C)N=C3SC=C(c4ccc([N+](=O)[O-])cc4)N32)cc(OC)c1OC. The standard InChI is InChI=1S/C29H26N4O6S/c1-17-25(28(34)31-20-8-6-5-7-9-20)26(19-14-23(37-2)27(39-4)24(15-19)38-3)32-22(16-40-29(32)30-17)18-10-12-21(13-11-18)33(35)36/h5-16,26H,1-4H3,(H,31,34)/t26-/m1/s1. The van der Waals surface area contributed by atoms with Crippen molar-refractivity contribution in [3.8, 4) is 17.2 Å². The number of rotatable bonds is 8. The van der Waals surface area contributed by atoms with E-state index in [-0.39, 0.29) is 11.6 Å². The van der Waals surface area contributed by atoms with Crippen molar-refractivity contribution in [3.05, 3.63) is 105 Å². The van der Waals surface area contributed by atoms with Gasteiger partial charge in [0.2, 0.25) is 5.75 Å². The number of nitro benzene ring substituents is 1. The number of non-ortho nitro benzene ring substituents is 1. The van der Waals surface area contributed by atoms with Gasteiger partial charge in [0.1, 0.15) is 0 Å². The minimum absolute atomic E-state index is 0.0117. The first kappa shape index (κ1) is 26.8. The molecule has 0 aliphatic carbocycles. The van der Waals surface area contributed by atoms with Gasteiger partial charge in [-0.25, -0.2) is 4.99 Å². The van der Waals surface area contributed by atoms with Crippen LogP contribution in [0.15, 0.2) is 88.4 Å². The van der Waals surface area contributed by atoms with E-state index in [1.807, 2.05) is 52.8 Å². The van der Waals surface area contributed by atoms with Crippen LogP contribution in [0.1, 0.15) is 24.1 Å². The van der Waals surface area contributed by atoms with Crippen LogP contribution in [0, 0.1) is 10.1 Å². The Bertz CT molecular complexity index is 1540. The van der Waals surface area contributed by atoms with Crippen molar-refractivity contribution < 1.29 is 23.9 Å². The van der Waals surface area contributed by atoms with Gasteiger partial charge in [0, 0.05) is 23.2 Å². The van der Waals surface area contributed by atoms with Gasteiger partial charge in [0.15, 0.2) is 16.7 Å². The Morgan fingerprint density at radius 3 is 2.23 bits per heavy atom. The summed E-state index contributed by atoms with van der Waals surface area (Å²) in [7, 11) is 4.60. The van der Waals surface area contributed by atoms with E-state index in [2.05, 4.69) is 5.32 Å². The van der Waals surface area contributed by atoms with E-state index >= 15 is 0 Å². The lowest BCUT2D eigenvalue weighted by atomic mass is 9.92. The molecular formula is C29H26N4O6S. The molecular weight excluding hydrogens is 532 g/mol. The summed E-state index contributed by atoms with van der Waals surface area (Å²) in [6, 6.07) is 18.5. The summed E-state index contributed by atoms with van der Waals surface area (Å²) in [5, 5.41) is 16.8. The predicted molar refractivity (Wildman–Crippen MR) is 155 cm³/mol. The number of benzene rings is 3. The van der Waals surface area contributed by atoms with Crippen molar-refractivity contribution in [1.29, 1.82) is 0 Å². The molecule has 1 N–H and O–H groups in total. The van der Waals surface area contributed by atoms with E-state index in [4.69, 9.17) is 19.2 Å². The fourth-order valence-corrected chi connectivity index (χ4v) is 5.70. The van der Waals surface area contributed by atoms with Crippen molar-refractivity contribution in [1.82, 2.24) is 4.90 Å². The van der Waals surface area contributed by atoms with Crippen molar-refractivity contribution >= 4 is 39.9 Å². The van der Waals surface area contributed by atoms with Crippen LogP contribution in [0.2, 0.25) is 0 Å². The Morgan fingerprint density at radius 1 is 1.00 bits per heavy atom. The number of ether oxygens (including phenoxy) is 3. The third kappa shape index (κ3) is 4.87. The number of hydrogen-bond acceptors (Lipinski definition) is 9. The fraction of sp³-hybridized carbons (Fsp3) is 0.172. The molecule has 204 valence electrons. The molecule has 0 unspecified atom stereocenters. The summed E-state index contributed by atoms with van der Waals surface area (Å²) in [4.78, 5) is 31.4. The summed E-state index contributed by atoms with van der Waals surface area (Å²) < 4.78 is 16.8. The lowest BCUT2D eigenvalue weighted by Gasteiger charge is -2.37. The summed E-state index contributed by atoms with van der Waals surface area (Å²) >= 11 is 1.41. The minimum Gasteiger partial charge on any atom is -0.493 e. The van der Waals surface area contributed by atoms with Gasteiger partial charge < -0.3 is 24.4 Å². The number of nitrogens with zero attached hydrogens (tertiary/aromatic N) is 3. The number of nitro groups is 1. The second-order valence-electron chi connectivity index (χ2n) is 8.87. The Morgan fingerprint density at radius 2 is 1.65 bits per heavy atom. The molecule has 2 aliphatic rings. The second kappa shape index (κ2) is 11.1. The molecule has 0 fully saturated rings. The monoisotopic (exact) mass is 558 g/mol. The van der Waals surface area contributed by atoms with E-state index in [1.54, 1.807) is 19.1 Å². The largest absolute Gasteiger partial charge is 0.493 e. The second-order valence-corrected chi connectivity index (χ2v) is 9.71. The number of aliphatic imine (C=N–C) groups is 1. The van der Waals surface area contributed by atoms with Gasteiger partial charge in [-0.1, -0.05) is 30.0 Å².